The zero-order valence-electron chi connectivity index (χ0n) is 28.2. The molecule has 2 fully saturated rings. The van der Waals surface area contributed by atoms with E-state index in [1.807, 2.05) is 13.8 Å². The van der Waals surface area contributed by atoms with E-state index in [9.17, 15) is 24.4 Å². The van der Waals surface area contributed by atoms with Gasteiger partial charge < -0.3 is 44.0 Å². The molecule has 17 heteroatoms. The zero-order valence-corrected chi connectivity index (χ0v) is 29.1. The van der Waals surface area contributed by atoms with Crippen molar-refractivity contribution in [2.45, 2.75) is 90.8 Å². The van der Waals surface area contributed by atoms with E-state index < -0.39 is 61.4 Å². The number of aliphatic hydroxyl groups is 2. The molecule has 0 spiro atoms. The van der Waals surface area contributed by atoms with Crippen LogP contribution in [0.25, 0.3) is 11.2 Å². The second-order valence-electron chi connectivity index (χ2n) is 12.6. The van der Waals surface area contributed by atoms with Gasteiger partial charge in [-0.25, -0.2) is 9.78 Å². The van der Waals surface area contributed by atoms with Crippen molar-refractivity contribution in [3.63, 3.8) is 0 Å². The molecule has 0 radical (unpaired) electrons. The first-order valence-electron chi connectivity index (χ1n) is 15.9. The fourth-order valence-corrected chi connectivity index (χ4v) is 8.16. The number of imidazole rings is 1. The minimum atomic E-state index is -3.98. The van der Waals surface area contributed by atoms with Crippen LogP contribution in [0.15, 0.2) is 11.1 Å². The first-order valence-corrected chi connectivity index (χ1v) is 17.6. The van der Waals surface area contributed by atoms with Crippen LogP contribution < -0.4 is 10.5 Å². The van der Waals surface area contributed by atoms with E-state index in [0.29, 0.717) is 11.9 Å². The van der Waals surface area contributed by atoms with Gasteiger partial charge in [-0.1, -0.05) is 27.7 Å². The Labute approximate surface area is 273 Å². The zero-order chi connectivity index (χ0) is 34.9. The van der Waals surface area contributed by atoms with Crippen LogP contribution in [0, 0.1) is 17.8 Å². The van der Waals surface area contributed by atoms with Crippen molar-refractivity contribution in [2.75, 3.05) is 38.8 Å². The van der Waals surface area contributed by atoms with Crippen molar-refractivity contribution in [3.05, 3.63) is 6.33 Å². The van der Waals surface area contributed by atoms with Crippen LogP contribution in [0.4, 0.5) is 5.95 Å². The Morgan fingerprint density at radius 1 is 1.19 bits per heavy atom. The van der Waals surface area contributed by atoms with Crippen LogP contribution in [0.1, 0.15) is 67.3 Å². The molecule has 4 N–H and O–H groups in total. The van der Waals surface area contributed by atoms with Crippen LogP contribution in [-0.2, 0) is 32.9 Å². The summed E-state index contributed by atoms with van der Waals surface area (Å²) < 4.78 is 47.9. The molecule has 1 saturated carbocycles. The number of ether oxygens (including phenoxy) is 4. The number of esters is 2. The van der Waals surface area contributed by atoms with Crippen molar-refractivity contribution in [3.8, 4) is 5.88 Å². The van der Waals surface area contributed by atoms with E-state index in [2.05, 4.69) is 19.7 Å². The summed E-state index contributed by atoms with van der Waals surface area (Å²) in [4.78, 5) is 37.8. The summed E-state index contributed by atoms with van der Waals surface area (Å²) in [5.74, 6) is -1.85. The Balaban J connectivity index is 1.55. The van der Waals surface area contributed by atoms with E-state index in [1.54, 1.807) is 39.2 Å². The topological polar surface area (TPSA) is 220 Å². The summed E-state index contributed by atoms with van der Waals surface area (Å²) in [6, 6.07) is -0.803. The minimum Gasteiger partial charge on any atom is -0.479 e. The number of hydrogen-bond donors (Lipinski definition) is 3. The fraction of sp³-hybridized carbons (Fsp3) is 0.733. The van der Waals surface area contributed by atoms with Gasteiger partial charge in [0.25, 0.3) is 0 Å². The molecule has 0 amide bonds. The normalized spacial score (nSPS) is 27.5. The molecule has 16 nitrogen and oxygen atoms in total. The third-order valence-electron chi connectivity index (χ3n) is 8.81. The Bertz CT molecular complexity index is 1550. The molecule has 2 aromatic heterocycles. The predicted molar refractivity (Wildman–Crippen MR) is 171 cm³/mol. The summed E-state index contributed by atoms with van der Waals surface area (Å²) in [5, 5.41) is 23.0. The molecule has 0 bridgehead atoms. The maximum Gasteiger partial charge on any atom is 0.353 e. The van der Waals surface area contributed by atoms with Crippen molar-refractivity contribution in [1.82, 2.24) is 19.5 Å². The van der Waals surface area contributed by atoms with Crippen LogP contribution >= 0.6 is 7.52 Å². The number of methoxy groups -OCH3 is 1. The number of carbonyl (C=O) groups is 2. The van der Waals surface area contributed by atoms with Crippen LogP contribution in [0.2, 0.25) is 0 Å². The van der Waals surface area contributed by atoms with Gasteiger partial charge in [0.2, 0.25) is 11.8 Å². The maximum absolute atomic E-state index is 14.3. The number of nitrogen functional groups attached to an aromatic ring is 1. The molecule has 2 aliphatic rings. The predicted octanol–water partition coefficient (Wildman–Crippen LogP) is 2.71. The lowest BCUT2D eigenvalue weighted by atomic mass is 9.91. The number of nitrogens with two attached hydrogens (primary N) is 1. The molecule has 1 aliphatic heterocycles. The van der Waals surface area contributed by atoms with E-state index in [-0.39, 0.29) is 60.9 Å². The van der Waals surface area contributed by atoms with Gasteiger partial charge in [0, 0.05) is 12.1 Å². The molecule has 47 heavy (non-hydrogen) atoms. The molecule has 1 aliphatic carbocycles. The van der Waals surface area contributed by atoms with Gasteiger partial charge >= 0.3 is 19.5 Å². The van der Waals surface area contributed by atoms with Crippen LogP contribution in [0.5, 0.6) is 5.88 Å². The summed E-state index contributed by atoms with van der Waals surface area (Å²) in [6.45, 7) is 12.2. The lowest BCUT2D eigenvalue weighted by Gasteiger charge is -2.25. The highest BCUT2D eigenvalue weighted by molar-refractivity contribution is 7.57. The molecular weight excluding hydrogens is 635 g/mol. The van der Waals surface area contributed by atoms with Gasteiger partial charge in [-0.05, 0) is 39.5 Å². The highest BCUT2D eigenvalue weighted by Gasteiger charge is 2.85. The first-order chi connectivity index (χ1) is 22.1. The second kappa shape index (κ2) is 14.1. The number of hydrogen-bond acceptors (Lipinski definition) is 14. The molecule has 7 unspecified atom stereocenters. The highest BCUT2D eigenvalue weighted by atomic mass is 31.2. The number of aromatic nitrogens is 4. The largest absolute Gasteiger partial charge is 0.479 e. The summed E-state index contributed by atoms with van der Waals surface area (Å²) >= 11 is 0. The van der Waals surface area contributed by atoms with Crippen molar-refractivity contribution >= 4 is 42.3 Å². The molecule has 0 aromatic carbocycles. The van der Waals surface area contributed by atoms with Gasteiger partial charge in [0.1, 0.15) is 35.2 Å². The molecule has 262 valence electrons. The lowest BCUT2D eigenvalue weighted by Crippen LogP contribution is -2.40. The number of aliphatic hydroxyl groups excluding tert-OH is 1. The van der Waals surface area contributed by atoms with Gasteiger partial charge in [0.15, 0.2) is 11.2 Å². The van der Waals surface area contributed by atoms with E-state index >= 15 is 0 Å². The third kappa shape index (κ3) is 6.89. The minimum absolute atomic E-state index is 0.0246. The molecule has 4 rings (SSSR count). The smallest absolute Gasteiger partial charge is 0.353 e. The summed E-state index contributed by atoms with van der Waals surface area (Å²) in [7, 11) is -2.56. The van der Waals surface area contributed by atoms with Crippen molar-refractivity contribution in [2.24, 2.45) is 22.5 Å². The first kappa shape index (κ1) is 36.7. The Morgan fingerprint density at radius 2 is 1.87 bits per heavy atom. The Kier molecular flexibility index (Phi) is 11.0. The monoisotopic (exact) mass is 682 g/mol. The fourth-order valence-electron chi connectivity index (χ4n) is 6.27. The average Bonchev–Trinajstić information content (AvgIpc) is 3.21. The van der Waals surface area contributed by atoms with Gasteiger partial charge in [-0.2, -0.15) is 14.7 Å². The lowest BCUT2D eigenvalue weighted by molar-refractivity contribution is -0.149. The van der Waals surface area contributed by atoms with E-state index in [1.165, 1.54) is 13.4 Å². The Hall–Kier alpha value is -3.17. The maximum atomic E-state index is 14.3. The quantitative estimate of drug-likeness (QED) is 0.132. The number of anilines is 1. The average molecular weight is 683 g/mol. The molecule has 2 aromatic rings. The van der Waals surface area contributed by atoms with Crippen molar-refractivity contribution < 1.29 is 47.8 Å². The molecule has 3 heterocycles. The van der Waals surface area contributed by atoms with Crippen LogP contribution in [0.3, 0.4) is 0 Å². The Morgan fingerprint density at radius 3 is 2.43 bits per heavy atom. The van der Waals surface area contributed by atoms with Gasteiger partial charge in [-0.3, -0.25) is 9.36 Å². The molecule has 1 saturated heterocycles. The number of fused-ring (bicyclic) bond motifs is 2. The van der Waals surface area contributed by atoms with Crippen molar-refractivity contribution in [1.29, 1.82) is 0 Å². The van der Waals surface area contributed by atoms with E-state index in [4.69, 9.17) is 29.2 Å². The van der Waals surface area contributed by atoms with E-state index in [0.717, 1.165) is 0 Å². The SMILES string of the molecule is CCOC(=O)C(=NP(=O)(CCCC(C(=O)OCC)C(C)C)OCC1OC2(C)C(n3cnc4c(OC)nc(N)nc43)C2(O)C1O)C(C)C. The highest BCUT2D eigenvalue weighted by Crippen LogP contribution is 2.68. The second-order valence-corrected chi connectivity index (χ2v) is 14.8. The number of carbonyl (C=O) groups excluding carboxylic acids is 2. The molecule has 7 atom stereocenters. The number of rotatable bonds is 16. The van der Waals surface area contributed by atoms with Gasteiger partial charge in [0.05, 0.1) is 39.2 Å². The third-order valence-corrected chi connectivity index (χ3v) is 10.8. The number of nitrogens with zero attached hydrogens (tertiary/aromatic N) is 5. The standard InChI is InChI=1S/C30H47N6O10P/c1-9-43-25(38)18(16(3)4)12-11-13-47(41,35-20(17(5)6)26(39)44-10-2)45-14-19-22(37)30(40)27(29(30,7)46-19)36-15-32-21-23(36)33-28(31)34-24(21)42-8/h15-19,22,27,37,40H,9-14H2,1-8H3,(H2,31,33,34). The van der Waals surface area contributed by atoms with Gasteiger partial charge in [-0.15, -0.1) is 0 Å². The van der Waals surface area contributed by atoms with Crippen LogP contribution in [-0.4, -0.2) is 104 Å². The summed E-state index contributed by atoms with van der Waals surface area (Å²) in [6.07, 6.45) is -0.602. The molecular formula is C30H47N6O10P. The summed E-state index contributed by atoms with van der Waals surface area (Å²) in [5.41, 5.74) is 3.32.